The van der Waals surface area contributed by atoms with E-state index in [9.17, 15) is 4.79 Å². The van der Waals surface area contributed by atoms with Gasteiger partial charge >= 0.3 is 0 Å². The van der Waals surface area contributed by atoms with E-state index in [1.807, 2.05) is 50.2 Å². The number of hydrogen-bond donors (Lipinski definition) is 1. The van der Waals surface area contributed by atoms with Crippen LogP contribution in [0.5, 0.6) is 11.5 Å². The van der Waals surface area contributed by atoms with Crippen LogP contribution in [0.1, 0.15) is 42.9 Å². The van der Waals surface area contributed by atoms with Gasteiger partial charge in [-0.05, 0) is 85.3 Å². The Labute approximate surface area is 205 Å². The van der Waals surface area contributed by atoms with Crippen LogP contribution >= 0.6 is 0 Å². The van der Waals surface area contributed by atoms with Crippen LogP contribution in [0, 0.1) is 13.8 Å². The van der Waals surface area contributed by atoms with Gasteiger partial charge in [-0.2, -0.15) is 0 Å². The summed E-state index contributed by atoms with van der Waals surface area (Å²) in [6.07, 6.45) is 1.05. The molecule has 3 aromatic carbocycles. The maximum Gasteiger partial charge on any atom is 0.266 e. The standard InChI is InChI=1S/C29H32N2O4/c1-6-18(2)21-7-9-23(10-8-21)31-28(22-15-19(3)27(20(4)16-22)35-14-13-32)30-26-12-11-24(34-5)17-25(26)29(31)33/h7-12,15-18,32H,6,13-14H2,1-5H3. The van der Waals surface area contributed by atoms with Crippen LogP contribution in [0.25, 0.3) is 28.0 Å². The summed E-state index contributed by atoms with van der Waals surface area (Å²) >= 11 is 0. The van der Waals surface area contributed by atoms with Gasteiger partial charge < -0.3 is 14.6 Å². The first kappa shape index (κ1) is 24.5. The monoisotopic (exact) mass is 472 g/mol. The molecule has 1 aromatic heterocycles. The maximum absolute atomic E-state index is 13.9. The van der Waals surface area contributed by atoms with E-state index in [-0.39, 0.29) is 18.8 Å². The Hall–Kier alpha value is -3.64. The highest BCUT2D eigenvalue weighted by Gasteiger charge is 2.18. The highest BCUT2D eigenvalue weighted by Crippen LogP contribution is 2.31. The number of rotatable bonds is 8. The van der Waals surface area contributed by atoms with Crippen LogP contribution in [-0.2, 0) is 0 Å². The Balaban J connectivity index is 1.97. The summed E-state index contributed by atoms with van der Waals surface area (Å²) in [4.78, 5) is 18.8. The molecular formula is C29H32N2O4. The van der Waals surface area contributed by atoms with Gasteiger partial charge in [0.2, 0.25) is 0 Å². The van der Waals surface area contributed by atoms with Crippen molar-refractivity contribution in [3.63, 3.8) is 0 Å². The van der Waals surface area contributed by atoms with Gasteiger partial charge in [0.05, 0.1) is 30.3 Å². The lowest BCUT2D eigenvalue weighted by Gasteiger charge is -2.18. The minimum atomic E-state index is -0.156. The summed E-state index contributed by atoms with van der Waals surface area (Å²) in [5.41, 5.74) is 5.08. The minimum absolute atomic E-state index is 0.0531. The van der Waals surface area contributed by atoms with Crippen molar-refractivity contribution in [2.45, 2.75) is 40.0 Å². The SMILES string of the molecule is CCC(C)c1ccc(-n2c(-c3cc(C)c(OCCO)c(C)c3)nc3ccc(OC)cc3c2=O)cc1. The zero-order chi connectivity index (χ0) is 25.1. The molecule has 182 valence electrons. The minimum Gasteiger partial charge on any atom is -0.497 e. The zero-order valence-corrected chi connectivity index (χ0v) is 21.0. The predicted molar refractivity (Wildman–Crippen MR) is 140 cm³/mol. The van der Waals surface area contributed by atoms with Crippen molar-refractivity contribution in [1.82, 2.24) is 9.55 Å². The van der Waals surface area contributed by atoms with Crippen molar-refractivity contribution in [2.75, 3.05) is 20.3 Å². The van der Waals surface area contributed by atoms with E-state index in [1.165, 1.54) is 5.56 Å². The molecule has 0 amide bonds. The number of aryl methyl sites for hydroxylation is 2. The molecule has 0 aliphatic heterocycles. The Morgan fingerprint density at radius 1 is 1.03 bits per heavy atom. The van der Waals surface area contributed by atoms with E-state index >= 15 is 0 Å². The molecule has 0 aliphatic rings. The average Bonchev–Trinajstić information content (AvgIpc) is 2.87. The van der Waals surface area contributed by atoms with Crippen molar-refractivity contribution < 1.29 is 14.6 Å². The number of aromatic nitrogens is 2. The van der Waals surface area contributed by atoms with Gasteiger partial charge in [0.15, 0.2) is 0 Å². The molecule has 1 N–H and O–H groups in total. The first-order chi connectivity index (χ1) is 16.9. The smallest absolute Gasteiger partial charge is 0.266 e. The topological polar surface area (TPSA) is 73.6 Å². The number of aliphatic hydroxyl groups excluding tert-OH is 1. The third kappa shape index (κ3) is 4.80. The van der Waals surface area contributed by atoms with E-state index in [0.717, 1.165) is 34.5 Å². The van der Waals surface area contributed by atoms with E-state index in [2.05, 4.69) is 26.0 Å². The molecule has 1 unspecified atom stereocenters. The summed E-state index contributed by atoms with van der Waals surface area (Å²) in [7, 11) is 1.58. The molecule has 4 rings (SSSR count). The molecule has 6 heteroatoms. The molecule has 6 nitrogen and oxygen atoms in total. The fourth-order valence-corrected chi connectivity index (χ4v) is 4.37. The van der Waals surface area contributed by atoms with Crippen molar-refractivity contribution in [1.29, 1.82) is 0 Å². The molecule has 0 aliphatic carbocycles. The normalized spacial score (nSPS) is 12.1. The summed E-state index contributed by atoms with van der Waals surface area (Å²) in [6.45, 7) is 8.45. The van der Waals surface area contributed by atoms with Crippen molar-refractivity contribution in [3.8, 4) is 28.6 Å². The van der Waals surface area contributed by atoms with Crippen LogP contribution in [-0.4, -0.2) is 35.0 Å². The van der Waals surface area contributed by atoms with E-state index in [4.69, 9.17) is 19.6 Å². The van der Waals surface area contributed by atoms with Crippen molar-refractivity contribution in [2.24, 2.45) is 0 Å². The Morgan fingerprint density at radius 2 is 1.71 bits per heavy atom. The van der Waals surface area contributed by atoms with Crippen LogP contribution in [0.2, 0.25) is 0 Å². The van der Waals surface area contributed by atoms with E-state index in [1.54, 1.807) is 17.7 Å². The lowest BCUT2D eigenvalue weighted by Crippen LogP contribution is -2.22. The van der Waals surface area contributed by atoms with Crippen molar-refractivity contribution >= 4 is 10.9 Å². The highest BCUT2D eigenvalue weighted by molar-refractivity contribution is 5.82. The Bertz CT molecular complexity index is 1380. The number of methoxy groups -OCH3 is 1. The van der Waals surface area contributed by atoms with E-state index in [0.29, 0.717) is 28.4 Å². The summed E-state index contributed by atoms with van der Waals surface area (Å²) in [5, 5.41) is 9.66. The van der Waals surface area contributed by atoms with Gasteiger partial charge in [0.1, 0.15) is 23.9 Å². The van der Waals surface area contributed by atoms with Gasteiger partial charge in [-0.3, -0.25) is 9.36 Å². The molecule has 4 aromatic rings. The number of aliphatic hydroxyl groups is 1. The third-order valence-electron chi connectivity index (χ3n) is 6.46. The first-order valence-electron chi connectivity index (χ1n) is 11.9. The molecule has 0 spiro atoms. The van der Waals surface area contributed by atoms with Crippen molar-refractivity contribution in [3.05, 3.63) is 81.6 Å². The van der Waals surface area contributed by atoms with Gasteiger partial charge in [-0.25, -0.2) is 4.98 Å². The maximum atomic E-state index is 13.9. The molecule has 0 bridgehead atoms. The summed E-state index contributed by atoms with van der Waals surface area (Å²) < 4.78 is 12.8. The fourth-order valence-electron chi connectivity index (χ4n) is 4.37. The molecule has 0 fully saturated rings. The second-order valence-electron chi connectivity index (χ2n) is 8.87. The van der Waals surface area contributed by atoms with Crippen LogP contribution < -0.4 is 15.0 Å². The van der Waals surface area contributed by atoms with Gasteiger partial charge in [-0.15, -0.1) is 0 Å². The molecular weight excluding hydrogens is 440 g/mol. The van der Waals surface area contributed by atoms with Gasteiger partial charge in [0, 0.05) is 5.56 Å². The third-order valence-corrected chi connectivity index (χ3v) is 6.46. The van der Waals surface area contributed by atoms with Crippen LogP contribution in [0.3, 0.4) is 0 Å². The highest BCUT2D eigenvalue weighted by atomic mass is 16.5. The largest absolute Gasteiger partial charge is 0.497 e. The predicted octanol–water partition coefficient (Wildman–Crippen LogP) is 5.56. The molecule has 0 radical (unpaired) electrons. The van der Waals surface area contributed by atoms with E-state index < -0.39 is 0 Å². The van der Waals surface area contributed by atoms with Crippen LogP contribution in [0.15, 0.2) is 59.4 Å². The number of nitrogens with zero attached hydrogens (tertiary/aromatic N) is 2. The Kier molecular flexibility index (Phi) is 7.22. The number of hydrogen-bond acceptors (Lipinski definition) is 5. The number of benzene rings is 3. The summed E-state index contributed by atoms with van der Waals surface area (Å²) in [5.74, 6) is 2.35. The molecule has 1 heterocycles. The quantitative estimate of drug-likeness (QED) is 0.363. The first-order valence-corrected chi connectivity index (χ1v) is 11.9. The second kappa shape index (κ2) is 10.3. The number of fused-ring (bicyclic) bond motifs is 1. The van der Waals surface area contributed by atoms with Crippen LogP contribution in [0.4, 0.5) is 0 Å². The molecule has 35 heavy (non-hydrogen) atoms. The number of ether oxygens (including phenoxy) is 2. The zero-order valence-electron chi connectivity index (χ0n) is 21.0. The molecule has 0 saturated carbocycles. The second-order valence-corrected chi connectivity index (χ2v) is 8.87. The lowest BCUT2D eigenvalue weighted by molar-refractivity contribution is 0.200. The summed E-state index contributed by atoms with van der Waals surface area (Å²) in [6, 6.07) is 17.4. The van der Waals surface area contributed by atoms with Gasteiger partial charge in [-0.1, -0.05) is 26.0 Å². The average molecular weight is 473 g/mol. The lowest BCUT2D eigenvalue weighted by atomic mass is 9.98. The fraction of sp³-hybridized carbons (Fsp3) is 0.310. The Morgan fingerprint density at radius 3 is 2.31 bits per heavy atom. The van der Waals surface area contributed by atoms with Gasteiger partial charge in [0.25, 0.3) is 5.56 Å². The molecule has 1 atom stereocenters. The molecule has 0 saturated heterocycles.